The number of carbonyl (C=O) groups is 2. The van der Waals surface area contributed by atoms with Crippen LogP contribution in [0, 0.1) is 34.0 Å². The third kappa shape index (κ3) is 4.76. The molecular formula is C23H32F6O6. The molecule has 1 heterocycles. The molecular weight excluding hydrogens is 486 g/mol. The van der Waals surface area contributed by atoms with E-state index < -0.39 is 71.6 Å². The van der Waals surface area contributed by atoms with Crippen LogP contribution in [0.3, 0.4) is 0 Å². The van der Waals surface area contributed by atoms with Crippen molar-refractivity contribution in [3.63, 3.8) is 0 Å². The van der Waals surface area contributed by atoms with Gasteiger partial charge in [0.25, 0.3) is 6.10 Å². The SMILES string of the molecule is CC(C)C(C)(CC(C)(C)C)C(=O)OC1C2CC3C1OC(O)C3(C(=O)OC(C(F)(F)F)C(F)(F)F)C2. The van der Waals surface area contributed by atoms with Gasteiger partial charge >= 0.3 is 24.3 Å². The van der Waals surface area contributed by atoms with Gasteiger partial charge in [-0.25, -0.2) is 0 Å². The van der Waals surface area contributed by atoms with Crippen molar-refractivity contribution in [3.8, 4) is 0 Å². The topological polar surface area (TPSA) is 82.1 Å². The van der Waals surface area contributed by atoms with Crippen molar-refractivity contribution in [1.29, 1.82) is 0 Å². The standard InChI is InChI=1S/C23H32F6O6/c1-10(2)20(6,9-19(3,4)5)16(30)33-13-11-7-12-14(13)34-17(31)21(12,8-11)18(32)35-15(22(24,25)26)23(27,28)29/h10-15,17,31H,7-9H2,1-6H3. The lowest BCUT2D eigenvalue weighted by molar-refractivity contribution is -0.317. The van der Waals surface area contributed by atoms with E-state index in [0.29, 0.717) is 6.42 Å². The van der Waals surface area contributed by atoms with Gasteiger partial charge < -0.3 is 19.3 Å². The molecule has 12 heteroatoms. The normalized spacial score (nSPS) is 34.4. The van der Waals surface area contributed by atoms with Gasteiger partial charge in [0.15, 0.2) is 6.29 Å². The molecule has 0 aromatic carbocycles. The van der Waals surface area contributed by atoms with Gasteiger partial charge in [-0.05, 0) is 37.5 Å². The maximum Gasteiger partial charge on any atom is 0.434 e. The Labute approximate surface area is 199 Å². The Bertz CT molecular complexity index is 835. The van der Waals surface area contributed by atoms with Crippen LogP contribution in [0.4, 0.5) is 26.3 Å². The highest BCUT2D eigenvalue weighted by Gasteiger charge is 2.75. The molecule has 0 aromatic rings. The first-order valence-corrected chi connectivity index (χ1v) is 11.5. The molecule has 2 aliphatic carbocycles. The summed E-state index contributed by atoms with van der Waals surface area (Å²) in [6, 6.07) is 0. The Morgan fingerprint density at radius 2 is 1.60 bits per heavy atom. The van der Waals surface area contributed by atoms with Crippen molar-refractivity contribution in [2.24, 2.45) is 34.0 Å². The molecule has 2 bridgehead atoms. The van der Waals surface area contributed by atoms with Crippen molar-refractivity contribution in [2.45, 2.75) is 97.8 Å². The summed E-state index contributed by atoms with van der Waals surface area (Å²) in [7, 11) is 0. The van der Waals surface area contributed by atoms with Crippen LogP contribution < -0.4 is 0 Å². The van der Waals surface area contributed by atoms with Gasteiger partial charge in [0.05, 0.1) is 5.41 Å². The fraction of sp³-hybridized carbons (Fsp3) is 0.913. The first-order valence-electron chi connectivity index (χ1n) is 11.5. The predicted molar refractivity (Wildman–Crippen MR) is 108 cm³/mol. The van der Waals surface area contributed by atoms with Gasteiger partial charge in [-0.15, -0.1) is 0 Å². The van der Waals surface area contributed by atoms with E-state index in [-0.39, 0.29) is 24.2 Å². The number of aliphatic hydroxyl groups is 1. The number of alkyl halides is 6. The average Bonchev–Trinajstić information content (AvgIpc) is 3.24. The molecule has 1 saturated heterocycles. The van der Waals surface area contributed by atoms with Gasteiger partial charge in [0.1, 0.15) is 17.6 Å². The zero-order valence-corrected chi connectivity index (χ0v) is 20.4. The van der Waals surface area contributed by atoms with Crippen LogP contribution in [0.1, 0.15) is 60.8 Å². The third-order valence-electron chi connectivity index (χ3n) is 7.81. The first kappa shape index (κ1) is 28.0. The molecule has 1 aliphatic heterocycles. The lowest BCUT2D eigenvalue weighted by Gasteiger charge is -2.39. The molecule has 6 nitrogen and oxygen atoms in total. The van der Waals surface area contributed by atoms with E-state index in [0.717, 1.165) is 0 Å². The highest BCUT2D eigenvalue weighted by atomic mass is 19.4. The Morgan fingerprint density at radius 3 is 2.06 bits per heavy atom. The number of aliphatic hydroxyl groups excluding tert-OH is 1. The fourth-order valence-electron chi connectivity index (χ4n) is 6.01. The zero-order chi connectivity index (χ0) is 26.9. The molecule has 1 N–H and O–H groups in total. The number of hydrogen-bond acceptors (Lipinski definition) is 6. The van der Waals surface area contributed by atoms with Crippen LogP contribution in [-0.4, -0.2) is 54.0 Å². The Kier molecular flexibility index (Phi) is 6.80. The number of carbonyl (C=O) groups excluding carboxylic acids is 2. The first-order chi connectivity index (χ1) is 15.6. The van der Waals surface area contributed by atoms with Crippen LogP contribution in [-0.2, 0) is 23.8 Å². The zero-order valence-electron chi connectivity index (χ0n) is 20.4. The summed E-state index contributed by atoms with van der Waals surface area (Å²) in [5, 5.41) is 10.5. The largest absolute Gasteiger partial charge is 0.459 e. The molecule has 3 rings (SSSR count). The highest BCUT2D eigenvalue weighted by Crippen LogP contribution is 2.65. The molecule has 0 aromatic heterocycles. The van der Waals surface area contributed by atoms with Gasteiger partial charge in [-0.2, -0.15) is 26.3 Å². The Balaban J connectivity index is 1.81. The van der Waals surface area contributed by atoms with Crippen LogP contribution in [0.15, 0.2) is 0 Å². The van der Waals surface area contributed by atoms with E-state index in [1.807, 2.05) is 34.6 Å². The van der Waals surface area contributed by atoms with Crippen molar-refractivity contribution in [3.05, 3.63) is 0 Å². The number of halogens is 6. The van der Waals surface area contributed by atoms with Gasteiger partial charge in [-0.1, -0.05) is 34.6 Å². The van der Waals surface area contributed by atoms with Crippen LogP contribution in [0.25, 0.3) is 0 Å². The summed E-state index contributed by atoms with van der Waals surface area (Å²) in [6.07, 6.45) is -19.7. The fourth-order valence-corrected chi connectivity index (χ4v) is 6.01. The number of rotatable bonds is 6. The summed E-state index contributed by atoms with van der Waals surface area (Å²) in [5.41, 5.74) is -3.17. The van der Waals surface area contributed by atoms with E-state index in [9.17, 15) is 41.0 Å². The van der Waals surface area contributed by atoms with E-state index in [1.165, 1.54) is 0 Å². The molecule has 35 heavy (non-hydrogen) atoms. The minimum absolute atomic E-state index is 0.0985. The van der Waals surface area contributed by atoms with E-state index >= 15 is 0 Å². The summed E-state index contributed by atoms with van der Waals surface area (Å²) in [4.78, 5) is 26.0. The number of ether oxygens (including phenoxy) is 3. The Morgan fingerprint density at radius 1 is 1.06 bits per heavy atom. The highest BCUT2D eigenvalue weighted by molar-refractivity contribution is 5.80. The predicted octanol–water partition coefficient (Wildman–Crippen LogP) is 4.78. The van der Waals surface area contributed by atoms with Crippen LogP contribution >= 0.6 is 0 Å². The second-order valence-corrected chi connectivity index (χ2v) is 11.8. The monoisotopic (exact) mass is 518 g/mol. The molecule has 0 radical (unpaired) electrons. The number of fused-ring (bicyclic) bond motifs is 1. The van der Waals surface area contributed by atoms with Crippen molar-refractivity contribution in [2.75, 3.05) is 0 Å². The Hall–Kier alpha value is -1.56. The molecule has 0 amide bonds. The van der Waals surface area contributed by atoms with Gasteiger partial charge in [0.2, 0.25) is 0 Å². The summed E-state index contributed by atoms with van der Waals surface area (Å²) < 4.78 is 92.8. The number of esters is 2. The summed E-state index contributed by atoms with van der Waals surface area (Å²) >= 11 is 0. The average molecular weight is 518 g/mol. The summed E-state index contributed by atoms with van der Waals surface area (Å²) in [6.45, 7) is 11.5. The maximum absolute atomic E-state index is 13.3. The quantitative estimate of drug-likeness (QED) is 0.403. The summed E-state index contributed by atoms with van der Waals surface area (Å²) in [5.74, 6) is -3.95. The molecule has 202 valence electrons. The van der Waals surface area contributed by atoms with Crippen molar-refractivity contribution in [1.82, 2.24) is 0 Å². The maximum atomic E-state index is 13.3. The second-order valence-electron chi connectivity index (χ2n) is 11.8. The van der Waals surface area contributed by atoms with Crippen LogP contribution in [0.5, 0.6) is 0 Å². The van der Waals surface area contributed by atoms with E-state index in [4.69, 9.17) is 9.47 Å². The lowest BCUT2D eigenvalue weighted by atomic mass is 9.68. The molecule has 7 unspecified atom stereocenters. The van der Waals surface area contributed by atoms with Crippen LogP contribution in [0.2, 0.25) is 0 Å². The smallest absolute Gasteiger partial charge is 0.434 e. The number of hydrogen-bond donors (Lipinski definition) is 1. The van der Waals surface area contributed by atoms with Gasteiger partial charge in [0, 0.05) is 11.8 Å². The minimum atomic E-state index is -5.88. The van der Waals surface area contributed by atoms with Crippen molar-refractivity contribution < 1.29 is 55.2 Å². The molecule has 3 aliphatic rings. The molecule has 0 spiro atoms. The molecule has 2 saturated carbocycles. The van der Waals surface area contributed by atoms with E-state index in [1.54, 1.807) is 6.92 Å². The molecule has 3 fully saturated rings. The second kappa shape index (κ2) is 8.49. The minimum Gasteiger partial charge on any atom is -0.459 e. The lowest BCUT2D eigenvalue weighted by Crippen LogP contribution is -2.52. The third-order valence-corrected chi connectivity index (χ3v) is 7.81. The molecule has 7 atom stereocenters. The van der Waals surface area contributed by atoms with Gasteiger partial charge in [-0.3, -0.25) is 9.59 Å². The van der Waals surface area contributed by atoms with Crippen molar-refractivity contribution >= 4 is 11.9 Å². The van der Waals surface area contributed by atoms with E-state index in [2.05, 4.69) is 4.74 Å².